The van der Waals surface area contributed by atoms with Gasteiger partial charge in [-0.1, -0.05) is 0 Å². The van der Waals surface area contributed by atoms with E-state index in [1.165, 1.54) is 0 Å². The number of nitrogen functional groups attached to an aromatic ring is 1. The van der Waals surface area contributed by atoms with Gasteiger partial charge in [0.05, 0.1) is 17.6 Å². The van der Waals surface area contributed by atoms with Crippen LogP contribution in [0.5, 0.6) is 0 Å². The first-order valence-corrected chi connectivity index (χ1v) is 5.64. The average Bonchev–Trinajstić information content (AvgIpc) is 2.83. The van der Waals surface area contributed by atoms with Crippen molar-refractivity contribution in [2.75, 3.05) is 5.73 Å². The van der Waals surface area contributed by atoms with Gasteiger partial charge in [-0.15, -0.1) is 11.3 Å². The minimum absolute atomic E-state index is 0.582. The average molecular weight is 231 g/mol. The summed E-state index contributed by atoms with van der Waals surface area (Å²) in [5.74, 6) is 0.712. The van der Waals surface area contributed by atoms with E-state index < -0.39 is 0 Å². The van der Waals surface area contributed by atoms with E-state index in [1.54, 1.807) is 23.7 Å². The van der Waals surface area contributed by atoms with Crippen molar-refractivity contribution in [3.05, 3.63) is 29.8 Å². The fourth-order valence-electron chi connectivity index (χ4n) is 1.58. The summed E-state index contributed by atoms with van der Waals surface area (Å²) >= 11 is 1.57. The SMILES string of the molecule is Cc1ncc(N)c(-c2csc3nccn23)n1. The minimum atomic E-state index is 0.582. The Hall–Kier alpha value is -1.95. The number of nitrogens with two attached hydrogens (primary N) is 1. The number of imidazole rings is 1. The number of hydrogen-bond acceptors (Lipinski definition) is 5. The van der Waals surface area contributed by atoms with Gasteiger partial charge in [-0.2, -0.15) is 0 Å². The maximum atomic E-state index is 5.89. The second-order valence-electron chi connectivity index (χ2n) is 3.42. The van der Waals surface area contributed by atoms with E-state index >= 15 is 0 Å². The Morgan fingerprint density at radius 2 is 2.25 bits per heavy atom. The Bertz CT molecular complexity index is 654. The molecule has 0 aliphatic heterocycles. The first kappa shape index (κ1) is 9.29. The van der Waals surface area contributed by atoms with Gasteiger partial charge in [-0.3, -0.25) is 4.40 Å². The standard InChI is InChI=1S/C10H9N5S/c1-6-13-4-7(11)9(14-6)8-5-16-10-12-2-3-15(8)10/h2-5H,11H2,1H3. The number of fused-ring (bicyclic) bond motifs is 1. The maximum Gasteiger partial charge on any atom is 0.194 e. The molecular weight excluding hydrogens is 222 g/mol. The van der Waals surface area contributed by atoms with Crippen LogP contribution in [0, 0.1) is 6.92 Å². The molecule has 0 spiro atoms. The molecule has 0 fully saturated rings. The monoisotopic (exact) mass is 231 g/mol. The summed E-state index contributed by atoms with van der Waals surface area (Å²) in [4.78, 5) is 13.6. The van der Waals surface area contributed by atoms with Crippen molar-refractivity contribution >= 4 is 22.0 Å². The van der Waals surface area contributed by atoms with Crippen molar-refractivity contribution < 1.29 is 0 Å². The summed E-state index contributed by atoms with van der Waals surface area (Å²) in [5.41, 5.74) is 8.19. The molecule has 0 saturated carbocycles. The van der Waals surface area contributed by atoms with Crippen molar-refractivity contribution in [3.63, 3.8) is 0 Å². The quantitative estimate of drug-likeness (QED) is 0.692. The van der Waals surface area contributed by atoms with Gasteiger partial charge in [0.2, 0.25) is 0 Å². The number of rotatable bonds is 1. The Morgan fingerprint density at radius 3 is 3.12 bits per heavy atom. The van der Waals surface area contributed by atoms with Crippen LogP contribution in [0.4, 0.5) is 5.69 Å². The molecule has 0 atom stereocenters. The van der Waals surface area contributed by atoms with Crippen molar-refractivity contribution in [2.24, 2.45) is 0 Å². The normalized spacial score (nSPS) is 11.1. The first-order chi connectivity index (χ1) is 7.75. The van der Waals surface area contributed by atoms with Crippen LogP contribution in [0.2, 0.25) is 0 Å². The summed E-state index contributed by atoms with van der Waals surface area (Å²) in [7, 11) is 0. The topological polar surface area (TPSA) is 69.1 Å². The van der Waals surface area contributed by atoms with Crippen LogP contribution in [-0.2, 0) is 0 Å². The van der Waals surface area contributed by atoms with Crippen LogP contribution < -0.4 is 5.73 Å². The molecule has 3 aromatic heterocycles. The molecule has 0 radical (unpaired) electrons. The van der Waals surface area contributed by atoms with Gasteiger partial charge in [0.15, 0.2) is 4.96 Å². The van der Waals surface area contributed by atoms with Crippen LogP contribution in [0.15, 0.2) is 24.0 Å². The Labute approximate surface area is 95.6 Å². The number of aryl methyl sites for hydroxylation is 1. The van der Waals surface area contributed by atoms with E-state index in [1.807, 2.05) is 22.9 Å². The van der Waals surface area contributed by atoms with Gasteiger partial charge in [0, 0.05) is 17.8 Å². The highest BCUT2D eigenvalue weighted by atomic mass is 32.1. The number of aromatic nitrogens is 4. The van der Waals surface area contributed by atoms with Gasteiger partial charge in [0.25, 0.3) is 0 Å². The molecule has 3 aromatic rings. The van der Waals surface area contributed by atoms with Crippen molar-refractivity contribution in [3.8, 4) is 11.4 Å². The van der Waals surface area contributed by atoms with Crippen LogP contribution in [0.3, 0.4) is 0 Å². The molecule has 0 unspecified atom stereocenters. The molecule has 3 heterocycles. The molecular formula is C10H9N5S. The minimum Gasteiger partial charge on any atom is -0.396 e. The summed E-state index contributed by atoms with van der Waals surface area (Å²) in [6, 6.07) is 0. The fourth-order valence-corrected chi connectivity index (χ4v) is 2.42. The molecule has 0 amide bonds. The molecule has 6 heteroatoms. The van der Waals surface area contributed by atoms with Crippen molar-refractivity contribution in [2.45, 2.75) is 6.92 Å². The smallest absolute Gasteiger partial charge is 0.194 e. The zero-order chi connectivity index (χ0) is 11.1. The van der Waals surface area contributed by atoms with Crippen LogP contribution in [0.25, 0.3) is 16.3 Å². The van der Waals surface area contributed by atoms with Gasteiger partial charge in [-0.25, -0.2) is 15.0 Å². The number of nitrogens with zero attached hydrogens (tertiary/aromatic N) is 4. The molecule has 0 aromatic carbocycles. The zero-order valence-electron chi connectivity index (χ0n) is 8.58. The highest BCUT2D eigenvalue weighted by molar-refractivity contribution is 7.15. The Morgan fingerprint density at radius 1 is 1.38 bits per heavy atom. The summed E-state index contributed by atoms with van der Waals surface area (Å²) in [5, 5.41) is 2.00. The van der Waals surface area contributed by atoms with Gasteiger partial charge in [0.1, 0.15) is 11.5 Å². The third-order valence-electron chi connectivity index (χ3n) is 2.32. The molecule has 0 bridgehead atoms. The molecule has 0 saturated heterocycles. The number of thiazole rings is 1. The molecule has 0 aliphatic rings. The van der Waals surface area contributed by atoms with Gasteiger partial charge < -0.3 is 5.73 Å². The molecule has 2 N–H and O–H groups in total. The van der Waals surface area contributed by atoms with Crippen LogP contribution in [0.1, 0.15) is 5.82 Å². The van der Waals surface area contributed by atoms with E-state index in [4.69, 9.17) is 5.73 Å². The second-order valence-corrected chi connectivity index (χ2v) is 4.26. The van der Waals surface area contributed by atoms with Crippen molar-refractivity contribution in [1.29, 1.82) is 0 Å². The lowest BCUT2D eigenvalue weighted by molar-refractivity contribution is 1.05. The van der Waals surface area contributed by atoms with E-state index in [0.29, 0.717) is 11.5 Å². The Kier molecular flexibility index (Phi) is 1.90. The first-order valence-electron chi connectivity index (χ1n) is 4.76. The molecule has 3 rings (SSSR count). The lowest BCUT2D eigenvalue weighted by Gasteiger charge is -2.03. The molecule has 80 valence electrons. The predicted molar refractivity (Wildman–Crippen MR) is 63.2 cm³/mol. The van der Waals surface area contributed by atoms with Crippen molar-refractivity contribution in [1.82, 2.24) is 19.4 Å². The lowest BCUT2D eigenvalue weighted by Crippen LogP contribution is -1.99. The summed E-state index contributed by atoms with van der Waals surface area (Å²) in [6.07, 6.45) is 5.30. The lowest BCUT2D eigenvalue weighted by atomic mass is 10.3. The van der Waals surface area contributed by atoms with E-state index in [0.717, 1.165) is 16.3 Å². The molecule has 0 aliphatic carbocycles. The molecule has 5 nitrogen and oxygen atoms in total. The molecule has 16 heavy (non-hydrogen) atoms. The van der Waals surface area contributed by atoms with E-state index in [9.17, 15) is 0 Å². The summed E-state index contributed by atoms with van der Waals surface area (Å²) < 4.78 is 1.98. The Balaban J connectivity index is 2.30. The van der Waals surface area contributed by atoms with Crippen LogP contribution >= 0.6 is 11.3 Å². The highest BCUT2D eigenvalue weighted by Gasteiger charge is 2.11. The van der Waals surface area contributed by atoms with Gasteiger partial charge in [-0.05, 0) is 6.92 Å². The fraction of sp³-hybridized carbons (Fsp3) is 0.100. The third kappa shape index (κ3) is 1.27. The van der Waals surface area contributed by atoms with E-state index in [-0.39, 0.29) is 0 Å². The maximum absolute atomic E-state index is 5.89. The van der Waals surface area contributed by atoms with Crippen LogP contribution in [-0.4, -0.2) is 19.4 Å². The summed E-state index contributed by atoms with van der Waals surface area (Å²) in [6.45, 7) is 1.85. The highest BCUT2D eigenvalue weighted by Crippen LogP contribution is 2.27. The number of hydrogen-bond donors (Lipinski definition) is 1. The number of anilines is 1. The zero-order valence-corrected chi connectivity index (χ0v) is 9.40. The predicted octanol–water partition coefficient (Wildman–Crippen LogP) is 1.74. The van der Waals surface area contributed by atoms with Gasteiger partial charge >= 0.3 is 0 Å². The third-order valence-corrected chi connectivity index (χ3v) is 3.18. The largest absolute Gasteiger partial charge is 0.396 e. The second kappa shape index (κ2) is 3.28. The van der Waals surface area contributed by atoms with E-state index in [2.05, 4.69) is 15.0 Å².